The fourth-order valence-electron chi connectivity index (χ4n) is 4.20. The highest BCUT2D eigenvalue weighted by Gasteiger charge is 2.36. The van der Waals surface area contributed by atoms with Gasteiger partial charge in [-0.25, -0.2) is 0 Å². The first-order valence-corrected chi connectivity index (χ1v) is 12.8. The molecule has 0 radical (unpaired) electrons. The van der Waals surface area contributed by atoms with E-state index in [1.165, 1.54) is 70.6 Å². The Morgan fingerprint density at radius 2 is 1.30 bits per heavy atom. The summed E-state index contributed by atoms with van der Waals surface area (Å²) in [4.78, 5) is 11.9. The monoisotopic (exact) mass is 426 g/mol. The van der Waals surface area contributed by atoms with E-state index in [-0.39, 0.29) is 18.4 Å². The summed E-state index contributed by atoms with van der Waals surface area (Å²) in [5.41, 5.74) is 0. The SMILES string of the molecule is CCCCCC1OC1CCCCCCCCCCC(=O)OC1COC(CCC)OC1. The number of unbranched alkanes of at least 4 members (excludes halogenated alkanes) is 9. The van der Waals surface area contributed by atoms with Crippen LogP contribution < -0.4 is 0 Å². The van der Waals surface area contributed by atoms with Crippen LogP contribution in [0.4, 0.5) is 0 Å². The lowest BCUT2D eigenvalue weighted by atomic mass is 10.0. The van der Waals surface area contributed by atoms with Gasteiger partial charge in [0.15, 0.2) is 6.29 Å². The minimum atomic E-state index is -0.238. The molecule has 0 bridgehead atoms. The molecule has 2 aliphatic rings. The summed E-state index contributed by atoms with van der Waals surface area (Å²) in [6, 6.07) is 0. The molecule has 0 amide bonds. The van der Waals surface area contributed by atoms with Crippen LogP contribution in [-0.4, -0.2) is 43.8 Å². The number of epoxide rings is 1. The predicted molar refractivity (Wildman–Crippen MR) is 119 cm³/mol. The first-order valence-electron chi connectivity index (χ1n) is 12.8. The van der Waals surface area contributed by atoms with Crippen LogP contribution in [0.15, 0.2) is 0 Å². The molecule has 176 valence electrons. The molecule has 0 spiro atoms. The third-order valence-corrected chi connectivity index (χ3v) is 6.16. The highest BCUT2D eigenvalue weighted by Crippen LogP contribution is 2.31. The Morgan fingerprint density at radius 3 is 1.90 bits per heavy atom. The zero-order valence-electron chi connectivity index (χ0n) is 19.6. The summed E-state index contributed by atoms with van der Waals surface area (Å²) in [7, 11) is 0. The van der Waals surface area contributed by atoms with Crippen molar-refractivity contribution in [3.8, 4) is 0 Å². The Bertz CT molecular complexity index is 433. The fourth-order valence-corrected chi connectivity index (χ4v) is 4.20. The Labute approximate surface area is 184 Å². The van der Waals surface area contributed by atoms with E-state index in [9.17, 15) is 4.79 Å². The number of carbonyl (C=O) groups is 1. The molecule has 2 rings (SSSR count). The van der Waals surface area contributed by atoms with Crippen molar-refractivity contribution in [3.05, 3.63) is 0 Å². The molecule has 2 atom stereocenters. The van der Waals surface area contributed by atoms with Gasteiger partial charge in [-0.1, -0.05) is 84.5 Å². The van der Waals surface area contributed by atoms with Gasteiger partial charge in [0.05, 0.1) is 25.4 Å². The molecule has 0 saturated carbocycles. The lowest BCUT2D eigenvalue weighted by molar-refractivity contribution is -0.227. The van der Waals surface area contributed by atoms with E-state index < -0.39 is 0 Å². The van der Waals surface area contributed by atoms with Gasteiger partial charge in [0.2, 0.25) is 0 Å². The van der Waals surface area contributed by atoms with Crippen molar-refractivity contribution in [2.75, 3.05) is 13.2 Å². The Morgan fingerprint density at radius 1 is 0.733 bits per heavy atom. The van der Waals surface area contributed by atoms with Crippen LogP contribution in [0.5, 0.6) is 0 Å². The van der Waals surface area contributed by atoms with Crippen LogP contribution in [0.25, 0.3) is 0 Å². The third kappa shape index (κ3) is 11.7. The van der Waals surface area contributed by atoms with Gasteiger partial charge in [0.1, 0.15) is 6.10 Å². The molecular weight excluding hydrogens is 380 g/mol. The summed E-state index contributed by atoms with van der Waals surface area (Å²) in [6.07, 6.45) is 19.5. The van der Waals surface area contributed by atoms with Crippen molar-refractivity contribution >= 4 is 5.97 Å². The predicted octanol–water partition coefficient (Wildman–Crippen LogP) is 6.32. The van der Waals surface area contributed by atoms with E-state index in [1.807, 2.05) is 0 Å². The second kappa shape index (κ2) is 16.0. The van der Waals surface area contributed by atoms with E-state index in [4.69, 9.17) is 18.9 Å². The number of carbonyl (C=O) groups excluding carboxylic acids is 1. The van der Waals surface area contributed by atoms with Crippen molar-refractivity contribution in [3.63, 3.8) is 0 Å². The number of ether oxygens (including phenoxy) is 4. The van der Waals surface area contributed by atoms with Crippen molar-refractivity contribution in [2.24, 2.45) is 0 Å². The summed E-state index contributed by atoms with van der Waals surface area (Å²) in [5, 5.41) is 0. The van der Waals surface area contributed by atoms with Gasteiger partial charge < -0.3 is 18.9 Å². The lowest BCUT2D eigenvalue weighted by Crippen LogP contribution is -2.38. The summed E-state index contributed by atoms with van der Waals surface area (Å²) in [5.74, 6) is -0.114. The van der Waals surface area contributed by atoms with E-state index in [2.05, 4.69) is 13.8 Å². The average molecular weight is 427 g/mol. The third-order valence-electron chi connectivity index (χ3n) is 6.16. The van der Waals surface area contributed by atoms with Gasteiger partial charge in [-0.3, -0.25) is 4.79 Å². The smallest absolute Gasteiger partial charge is 0.306 e. The van der Waals surface area contributed by atoms with Gasteiger partial charge in [-0.2, -0.15) is 0 Å². The van der Waals surface area contributed by atoms with Crippen molar-refractivity contribution in [2.45, 2.75) is 141 Å². The fraction of sp³-hybridized carbons (Fsp3) is 0.960. The molecule has 5 nitrogen and oxygen atoms in total. The first-order chi connectivity index (χ1) is 14.7. The van der Waals surface area contributed by atoms with Gasteiger partial charge in [-0.15, -0.1) is 0 Å². The molecule has 5 heteroatoms. The topological polar surface area (TPSA) is 57.3 Å². The van der Waals surface area contributed by atoms with Crippen LogP contribution in [0.2, 0.25) is 0 Å². The Kier molecular flexibility index (Phi) is 13.7. The first kappa shape index (κ1) is 25.6. The van der Waals surface area contributed by atoms with Gasteiger partial charge in [0, 0.05) is 6.42 Å². The lowest BCUT2D eigenvalue weighted by Gasteiger charge is -2.28. The second-order valence-electron chi connectivity index (χ2n) is 9.07. The molecule has 0 aromatic carbocycles. The number of hydrogen-bond acceptors (Lipinski definition) is 5. The molecule has 0 aliphatic carbocycles. The van der Waals surface area contributed by atoms with Gasteiger partial charge in [0.25, 0.3) is 0 Å². The molecule has 2 heterocycles. The highest BCUT2D eigenvalue weighted by molar-refractivity contribution is 5.69. The van der Waals surface area contributed by atoms with Crippen LogP contribution in [0.3, 0.4) is 0 Å². The van der Waals surface area contributed by atoms with Crippen molar-refractivity contribution < 1.29 is 23.7 Å². The zero-order valence-corrected chi connectivity index (χ0v) is 19.6. The molecule has 2 aliphatic heterocycles. The Hall–Kier alpha value is -0.650. The molecular formula is C25H46O5. The second-order valence-corrected chi connectivity index (χ2v) is 9.07. The molecule has 2 unspecified atom stereocenters. The normalized spacial score (nSPS) is 25.9. The van der Waals surface area contributed by atoms with Crippen LogP contribution in [0, 0.1) is 0 Å². The maximum Gasteiger partial charge on any atom is 0.306 e. The molecule has 0 N–H and O–H groups in total. The average Bonchev–Trinajstić information content (AvgIpc) is 3.49. The quantitative estimate of drug-likeness (QED) is 0.146. The van der Waals surface area contributed by atoms with Gasteiger partial charge in [-0.05, 0) is 25.7 Å². The minimum absolute atomic E-state index is 0.114. The Balaban J connectivity index is 1.30. The van der Waals surface area contributed by atoms with Crippen LogP contribution in [-0.2, 0) is 23.7 Å². The van der Waals surface area contributed by atoms with Crippen molar-refractivity contribution in [1.82, 2.24) is 0 Å². The number of hydrogen-bond donors (Lipinski definition) is 0. The van der Waals surface area contributed by atoms with Crippen molar-refractivity contribution in [1.29, 1.82) is 0 Å². The standard InChI is InChI=1S/C25H46O5/c1-3-5-12-16-22-23(30-22)17-13-10-8-6-7-9-11-14-18-24(26)29-21-19-27-25(15-4-2)28-20-21/h21-23,25H,3-20H2,1-2H3. The number of esters is 1. The van der Waals surface area contributed by atoms with E-state index in [1.54, 1.807) is 0 Å². The van der Waals surface area contributed by atoms with E-state index in [0.717, 1.165) is 25.7 Å². The molecule has 0 aromatic rings. The molecule has 2 saturated heterocycles. The minimum Gasteiger partial charge on any atom is -0.457 e. The number of rotatable bonds is 18. The maximum absolute atomic E-state index is 11.9. The molecule has 2 fully saturated rings. The largest absolute Gasteiger partial charge is 0.457 e. The van der Waals surface area contributed by atoms with E-state index >= 15 is 0 Å². The molecule has 30 heavy (non-hydrogen) atoms. The zero-order chi connectivity index (χ0) is 21.4. The van der Waals surface area contributed by atoms with E-state index in [0.29, 0.717) is 31.8 Å². The molecule has 0 aromatic heterocycles. The van der Waals surface area contributed by atoms with Gasteiger partial charge >= 0.3 is 5.97 Å². The summed E-state index contributed by atoms with van der Waals surface area (Å²) >= 11 is 0. The maximum atomic E-state index is 11.9. The summed E-state index contributed by atoms with van der Waals surface area (Å²) in [6.45, 7) is 5.28. The van der Waals surface area contributed by atoms with Crippen LogP contribution in [0.1, 0.15) is 117 Å². The highest BCUT2D eigenvalue weighted by atomic mass is 16.7. The summed E-state index contributed by atoms with van der Waals surface area (Å²) < 4.78 is 22.3. The van der Waals surface area contributed by atoms with Crippen LogP contribution >= 0.6 is 0 Å².